The maximum Gasteiger partial charge on any atom is 0.419 e. The third-order valence-corrected chi connectivity index (χ3v) is 8.14. The molecule has 0 aliphatic carbocycles. The second-order valence-electron chi connectivity index (χ2n) is 11.5. The molecular weight excluding hydrogens is 636 g/mol. The van der Waals surface area contributed by atoms with Crippen LogP contribution in [0.15, 0.2) is 72.8 Å². The summed E-state index contributed by atoms with van der Waals surface area (Å²) in [7, 11) is 0. The first-order valence-corrected chi connectivity index (χ1v) is 15.6. The Balaban J connectivity index is 1.54. The van der Waals surface area contributed by atoms with E-state index in [0.717, 1.165) is 34.4 Å². The molecule has 0 aliphatic rings. The topological polar surface area (TPSA) is 71.0 Å². The Labute approximate surface area is 276 Å². The van der Waals surface area contributed by atoms with Crippen LogP contribution in [-0.4, -0.2) is 30.0 Å². The largest absolute Gasteiger partial charge is 0.488 e. The number of alkyl halides is 6. The molecule has 0 fully saturated rings. The summed E-state index contributed by atoms with van der Waals surface area (Å²) in [4.78, 5) is 0. The van der Waals surface area contributed by atoms with Gasteiger partial charge in [0.1, 0.15) is 24.7 Å². The molecule has 0 unspecified atom stereocenters. The molecule has 0 bridgehead atoms. The van der Waals surface area contributed by atoms with Gasteiger partial charge < -0.3 is 25.0 Å². The quantitative estimate of drug-likeness (QED) is 0.0871. The van der Waals surface area contributed by atoms with Gasteiger partial charge in [-0.2, -0.15) is 26.3 Å². The van der Waals surface area contributed by atoms with E-state index in [0.29, 0.717) is 41.5 Å². The van der Waals surface area contributed by atoms with Gasteiger partial charge in [-0.1, -0.05) is 48.5 Å². The molecule has 0 atom stereocenters. The van der Waals surface area contributed by atoms with Crippen molar-refractivity contribution in [1.29, 1.82) is 0 Å². The van der Waals surface area contributed by atoms with Gasteiger partial charge in [0.2, 0.25) is 0 Å². The summed E-state index contributed by atoms with van der Waals surface area (Å²) in [6.45, 7) is 3.72. The predicted molar refractivity (Wildman–Crippen MR) is 172 cm³/mol. The first-order chi connectivity index (χ1) is 22.8. The highest BCUT2D eigenvalue weighted by molar-refractivity contribution is 5.72. The first-order valence-electron chi connectivity index (χ1n) is 15.6. The highest BCUT2D eigenvalue weighted by Gasteiger charge is 2.35. The zero-order valence-corrected chi connectivity index (χ0v) is 26.8. The number of aryl methyl sites for hydroxylation is 1. The highest BCUT2D eigenvalue weighted by Crippen LogP contribution is 2.39. The Morgan fingerprint density at radius 3 is 1.60 bits per heavy atom. The lowest BCUT2D eigenvalue weighted by Gasteiger charge is -2.19. The molecule has 4 rings (SSSR count). The number of ether oxygens (including phenoxy) is 2. The lowest BCUT2D eigenvalue weighted by atomic mass is 9.92. The molecule has 0 saturated carbocycles. The van der Waals surface area contributed by atoms with E-state index >= 15 is 0 Å². The fraction of sp³-hybridized carbons (Fsp3) is 0.351. The van der Waals surface area contributed by atoms with Crippen LogP contribution < -0.4 is 14.8 Å². The van der Waals surface area contributed by atoms with Crippen molar-refractivity contribution in [3.8, 4) is 22.6 Å². The predicted octanol–water partition coefficient (Wildman–Crippen LogP) is 8.56. The third kappa shape index (κ3) is 9.52. The Kier molecular flexibility index (Phi) is 12.5. The minimum Gasteiger partial charge on any atom is -0.488 e. The van der Waals surface area contributed by atoms with Crippen LogP contribution in [0.3, 0.4) is 0 Å². The van der Waals surface area contributed by atoms with Crippen LogP contribution in [0.25, 0.3) is 11.1 Å². The normalized spacial score (nSPS) is 12.0. The maximum atomic E-state index is 13.9. The summed E-state index contributed by atoms with van der Waals surface area (Å²) in [6, 6.07) is 18.8. The van der Waals surface area contributed by atoms with E-state index in [1.54, 1.807) is 36.4 Å². The Bertz CT molecular complexity index is 1550. The molecule has 5 nitrogen and oxygen atoms in total. The van der Waals surface area contributed by atoms with Gasteiger partial charge in [0.05, 0.1) is 17.7 Å². The molecular formula is C37H39F6NO4. The highest BCUT2D eigenvalue weighted by atomic mass is 19.4. The smallest absolute Gasteiger partial charge is 0.419 e. The molecule has 258 valence electrons. The second kappa shape index (κ2) is 16.4. The molecule has 0 heterocycles. The van der Waals surface area contributed by atoms with Gasteiger partial charge in [-0.05, 0) is 102 Å². The molecule has 4 aromatic carbocycles. The molecule has 0 amide bonds. The summed E-state index contributed by atoms with van der Waals surface area (Å²) in [5.41, 5.74) is 3.70. The van der Waals surface area contributed by atoms with Gasteiger partial charge in [-0.3, -0.25) is 0 Å². The van der Waals surface area contributed by atoms with E-state index in [9.17, 15) is 26.3 Å². The van der Waals surface area contributed by atoms with Crippen molar-refractivity contribution in [3.05, 3.63) is 117 Å². The van der Waals surface area contributed by atoms with Crippen LogP contribution in [-0.2, 0) is 38.5 Å². The molecule has 0 aliphatic heterocycles. The molecule has 0 saturated heterocycles. The zero-order chi connectivity index (χ0) is 34.9. The molecule has 3 N–H and O–H groups in total. The fourth-order valence-corrected chi connectivity index (χ4v) is 5.44. The molecule has 4 aromatic rings. The summed E-state index contributed by atoms with van der Waals surface area (Å²) < 4.78 is 94.9. The van der Waals surface area contributed by atoms with Crippen LogP contribution in [0.1, 0.15) is 57.3 Å². The fourth-order valence-electron chi connectivity index (χ4n) is 5.44. The third-order valence-electron chi connectivity index (χ3n) is 8.14. The number of halogens is 6. The van der Waals surface area contributed by atoms with Crippen molar-refractivity contribution in [2.45, 2.75) is 65.2 Å². The van der Waals surface area contributed by atoms with Gasteiger partial charge in [0.15, 0.2) is 0 Å². The van der Waals surface area contributed by atoms with Crippen molar-refractivity contribution in [2.75, 3.05) is 19.8 Å². The molecule has 0 spiro atoms. The first kappa shape index (κ1) is 36.8. The average molecular weight is 676 g/mol. The van der Waals surface area contributed by atoms with Gasteiger partial charge >= 0.3 is 12.4 Å². The van der Waals surface area contributed by atoms with Gasteiger partial charge in [0.25, 0.3) is 0 Å². The molecule has 48 heavy (non-hydrogen) atoms. The van der Waals surface area contributed by atoms with E-state index in [-0.39, 0.29) is 51.0 Å². The monoisotopic (exact) mass is 675 g/mol. The number of unbranched alkanes of at least 4 members (excludes halogenated alkanes) is 1. The molecule has 0 radical (unpaired) electrons. The minimum atomic E-state index is -4.64. The molecule has 11 heteroatoms. The van der Waals surface area contributed by atoms with Crippen LogP contribution in [0.4, 0.5) is 26.3 Å². The Hall–Kier alpha value is -4.06. The van der Waals surface area contributed by atoms with Crippen molar-refractivity contribution >= 4 is 0 Å². The zero-order valence-electron chi connectivity index (χ0n) is 26.8. The number of aliphatic hydroxyl groups excluding tert-OH is 2. The number of aliphatic hydroxyl groups is 2. The van der Waals surface area contributed by atoms with Gasteiger partial charge in [0, 0.05) is 19.7 Å². The van der Waals surface area contributed by atoms with E-state index in [1.807, 2.05) is 26.0 Å². The molecule has 0 aromatic heterocycles. The van der Waals surface area contributed by atoms with Crippen molar-refractivity contribution < 1.29 is 46.0 Å². The average Bonchev–Trinajstić information content (AvgIpc) is 3.04. The van der Waals surface area contributed by atoms with Crippen molar-refractivity contribution in [3.63, 3.8) is 0 Å². The number of hydrogen-bond donors (Lipinski definition) is 3. The second-order valence-corrected chi connectivity index (χ2v) is 11.5. The van der Waals surface area contributed by atoms with Gasteiger partial charge in [-0.15, -0.1) is 0 Å². The summed E-state index contributed by atoms with van der Waals surface area (Å²) in [5.74, 6) is -0.578. The maximum absolute atomic E-state index is 13.9. The number of benzene rings is 4. The van der Waals surface area contributed by atoms with Gasteiger partial charge in [-0.25, -0.2) is 0 Å². The van der Waals surface area contributed by atoms with E-state index in [4.69, 9.17) is 19.7 Å². The number of rotatable bonds is 15. The van der Waals surface area contributed by atoms with Crippen LogP contribution in [0.2, 0.25) is 0 Å². The summed E-state index contributed by atoms with van der Waals surface area (Å²) >= 11 is 0. The van der Waals surface area contributed by atoms with Crippen LogP contribution >= 0.6 is 0 Å². The Morgan fingerprint density at radius 2 is 1.12 bits per heavy atom. The van der Waals surface area contributed by atoms with Crippen molar-refractivity contribution in [1.82, 2.24) is 5.32 Å². The lowest BCUT2D eigenvalue weighted by molar-refractivity contribution is -0.140. The van der Waals surface area contributed by atoms with Crippen molar-refractivity contribution in [2.24, 2.45) is 0 Å². The number of hydrogen-bond acceptors (Lipinski definition) is 5. The van der Waals surface area contributed by atoms with E-state index < -0.39 is 23.5 Å². The van der Waals surface area contributed by atoms with Crippen LogP contribution in [0.5, 0.6) is 11.5 Å². The standard InChI is InChI=1S/C37H39F6NO4/c1-24-28(22-47-34-14-12-26(7-3-4-17-45)19-32(34)36(38,39)40)8-5-10-30(24)31-11-6-9-29(25(31)2)23-48-35-15-13-27(21-44-16-18-46)20-33(35)37(41,42)43/h5-6,8-15,19-20,44-46H,3-4,7,16-18,21-23H2,1-2H3. The SMILES string of the molecule is Cc1c(COc2ccc(CCCCO)cc2C(F)(F)F)cccc1-c1cccc(COc2ccc(CNCCO)cc2C(F)(F)F)c1C. The lowest BCUT2D eigenvalue weighted by Crippen LogP contribution is -2.18. The minimum absolute atomic E-state index is 0.0213. The van der Waals surface area contributed by atoms with E-state index in [2.05, 4.69) is 5.32 Å². The Morgan fingerprint density at radius 1 is 0.625 bits per heavy atom. The van der Waals surface area contributed by atoms with E-state index in [1.165, 1.54) is 12.1 Å². The number of nitrogens with one attached hydrogen (secondary N) is 1. The summed E-state index contributed by atoms with van der Waals surface area (Å²) in [6.07, 6.45) is -7.77. The van der Waals surface area contributed by atoms with Crippen LogP contribution in [0, 0.1) is 13.8 Å². The summed E-state index contributed by atoms with van der Waals surface area (Å²) in [5, 5.41) is 20.8.